The van der Waals surface area contributed by atoms with Gasteiger partial charge in [0.05, 0.1) is 18.8 Å². The summed E-state index contributed by atoms with van der Waals surface area (Å²) in [6.45, 7) is 45.5. The van der Waals surface area contributed by atoms with Crippen LogP contribution >= 0.6 is 22.6 Å². The van der Waals surface area contributed by atoms with E-state index in [4.69, 9.17) is 4.74 Å². The molecule has 0 radical (unpaired) electrons. The first-order chi connectivity index (χ1) is 32.2. The Morgan fingerprint density at radius 1 is 0.500 bits per heavy atom. The van der Waals surface area contributed by atoms with Gasteiger partial charge >= 0.3 is 0 Å². The van der Waals surface area contributed by atoms with E-state index in [9.17, 15) is 15.3 Å². The van der Waals surface area contributed by atoms with Crippen LogP contribution in [0.15, 0.2) is 24.3 Å². The van der Waals surface area contributed by atoms with Crippen LogP contribution in [-0.4, -0.2) is 51.8 Å². The number of halogens is 1. The third kappa shape index (κ3) is 8.12. The molecule has 10 aliphatic carbocycles. The van der Waals surface area contributed by atoms with Crippen molar-refractivity contribution in [1.29, 1.82) is 0 Å². The molecular weight excluding hydrogens is 972 g/mol. The lowest BCUT2D eigenvalue weighted by atomic mass is 9.32. The van der Waals surface area contributed by atoms with Gasteiger partial charge in [-0.3, -0.25) is 0 Å². The SMILES string of the molecule is C.C=C(C)[C@@H]1CC[C@]2(CO)CC[C@]3(C)[C@H](CC[C@@H]4[C@@]5(C)CC[C@H](O)C(C)(C)[C@@H]5CC[C@]43C)[C@@H]12.C=C(C)[C@@H]1CC[C@]2(COCC)CC[C@]3(C)[C@H](CC[C@@H]4[C@@]5(C)CC[C@H](O)C(C)(C)[C@@H]5CC[C@]43C)[C@@H]12.CCI. The van der Waals surface area contributed by atoms with Gasteiger partial charge in [0, 0.05) is 13.2 Å². The normalized spacial score (nSPS) is 52.3. The number of aliphatic hydroxyl groups is 3. The van der Waals surface area contributed by atoms with Crippen molar-refractivity contribution in [3.05, 3.63) is 24.3 Å². The van der Waals surface area contributed by atoms with E-state index in [0.717, 1.165) is 55.6 Å². The van der Waals surface area contributed by atoms with Gasteiger partial charge < -0.3 is 20.1 Å². The molecular formula is C65H113IO4. The predicted octanol–water partition coefficient (Wildman–Crippen LogP) is 17.1. The highest BCUT2D eigenvalue weighted by Crippen LogP contribution is 2.79. The average Bonchev–Trinajstić information content (AvgIpc) is 3.87. The van der Waals surface area contributed by atoms with Crippen molar-refractivity contribution in [2.75, 3.05) is 24.2 Å². The molecule has 0 aromatic rings. The summed E-state index contributed by atoms with van der Waals surface area (Å²) in [6.07, 6.45) is 25.1. The molecule has 404 valence electrons. The zero-order chi connectivity index (χ0) is 50.8. The molecule has 0 saturated heterocycles. The molecule has 3 N–H and O–H groups in total. The summed E-state index contributed by atoms with van der Waals surface area (Å²) < 4.78 is 7.44. The number of alkyl halides is 1. The van der Waals surface area contributed by atoms with Crippen LogP contribution in [-0.2, 0) is 4.74 Å². The summed E-state index contributed by atoms with van der Waals surface area (Å²) in [5, 5.41) is 32.5. The Morgan fingerprint density at radius 3 is 1.27 bits per heavy atom. The minimum Gasteiger partial charge on any atom is -0.396 e. The summed E-state index contributed by atoms with van der Waals surface area (Å²) >= 11 is 2.29. The zero-order valence-corrected chi connectivity index (χ0v) is 49.6. The second-order valence-electron chi connectivity index (χ2n) is 29.9. The smallest absolute Gasteiger partial charge is 0.0594 e. The minimum absolute atomic E-state index is 0. The predicted molar refractivity (Wildman–Crippen MR) is 305 cm³/mol. The molecule has 10 saturated carbocycles. The molecule has 10 aliphatic rings. The van der Waals surface area contributed by atoms with Crippen LogP contribution in [0.5, 0.6) is 0 Å². The third-order valence-electron chi connectivity index (χ3n) is 27.3. The van der Waals surface area contributed by atoms with E-state index in [1.54, 1.807) is 0 Å². The van der Waals surface area contributed by atoms with Crippen molar-refractivity contribution in [2.45, 2.75) is 245 Å². The second-order valence-corrected chi connectivity index (χ2v) is 31.4. The van der Waals surface area contributed by atoms with Gasteiger partial charge in [-0.15, -0.1) is 0 Å². The quantitative estimate of drug-likeness (QED) is 0.141. The lowest BCUT2D eigenvalue weighted by Gasteiger charge is -2.73. The molecule has 0 heterocycles. The largest absolute Gasteiger partial charge is 0.396 e. The molecule has 5 heteroatoms. The molecule has 0 amide bonds. The first-order valence-electron chi connectivity index (χ1n) is 29.6. The molecule has 10 fully saturated rings. The Hall–Kier alpha value is 0.0500. The first kappa shape index (κ1) is 57.7. The molecule has 0 aliphatic heterocycles. The Labute approximate surface area is 446 Å². The average molecular weight is 1090 g/mol. The number of hydrogen-bond acceptors (Lipinski definition) is 4. The Kier molecular flexibility index (Phi) is 16.3. The summed E-state index contributed by atoms with van der Waals surface area (Å²) in [6, 6.07) is 0. The highest BCUT2D eigenvalue weighted by atomic mass is 127. The van der Waals surface area contributed by atoms with Crippen LogP contribution in [0, 0.1) is 113 Å². The number of hydrogen-bond donors (Lipinski definition) is 3. The maximum absolute atomic E-state index is 11.0. The number of rotatable bonds is 6. The first-order valence-corrected chi connectivity index (χ1v) is 31.1. The van der Waals surface area contributed by atoms with E-state index >= 15 is 0 Å². The van der Waals surface area contributed by atoms with Crippen molar-refractivity contribution in [3.8, 4) is 0 Å². The fourth-order valence-corrected chi connectivity index (χ4v) is 23.4. The summed E-state index contributed by atoms with van der Waals surface area (Å²) in [5.74, 6) is 7.00. The second kappa shape index (κ2) is 19.8. The molecule has 10 rings (SSSR count). The number of ether oxygens (including phenoxy) is 1. The number of allylic oxidation sites excluding steroid dienone is 2. The number of aliphatic hydroxyl groups excluding tert-OH is 3. The van der Waals surface area contributed by atoms with Gasteiger partial charge in [-0.05, 0) is 267 Å². The van der Waals surface area contributed by atoms with Crippen LogP contribution in [0.1, 0.15) is 233 Å². The maximum atomic E-state index is 11.0. The number of fused-ring (bicyclic) bond motifs is 14. The summed E-state index contributed by atoms with van der Waals surface area (Å²) in [7, 11) is 0. The standard InChI is InChI=1S/C32H54O2.C30H50O2.C2H5I.CH4/c1-9-34-20-32-17-12-22(21(2)3)27(32)23-10-11-25-29(6)15-14-26(33)28(4,5)24(29)13-16-31(25,8)30(23,7)18-19-32;1-19(2)20-10-15-30(18-31)17-16-28(6)21(25(20)30)8-9-23-27(5)13-12-24(32)26(3,4)22(27)11-14-29(23,28)7;1-2-3;/h22-27,33H,2,9-20H2,1,3-8H3;20-25,31-32H,1,8-18H2,2-7H3;2H2,1H3;1H4/t22-,23+,24-,25+,26-,27+,29-,30+,31+,32+;20-,21+,22-,23+,24-,25+,27-,28+,29+,30+;;/m00../s1. The van der Waals surface area contributed by atoms with Crippen molar-refractivity contribution >= 4 is 22.6 Å². The van der Waals surface area contributed by atoms with E-state index in [1.165, 1.54) is 131 Å². The Bertz CT molecular complexity index is 1890. The molecule has 0 unspecified atom stereocenters. The van der Waals surface area contributed by atoms with Crippen LogP contribution in [0.2, 0.25) is 0 Å². The van der Waals surface area contributed by atoms with E-state index in [2.05, 4.69) is 133 Å². The van der Waals surface area contributed by atoms with Gasteiger partial charge in [-0.1, -0.05) is 130 Å². The highest BCUT2D eigenvalue weighted by Gasteiger charge is 2.73. The minimum atomic E-state index is -0.147. The monoisotopic (exact) mass is 1080 g/mol. The van der Waals surface area contributed by atoms with Gasteiger partial charge in [0.15, 0.2) is 0 Å². The van der Waals surface area contributed by atoms with Crippen LogP contribution in [0.25, 0.3) is 0 Å². The zero-order valence-electron chi connectivity index (χ0n) is 47.4. The van der Waals surface area contributed by atoms with Gasteiger partial charge in [0.2, 0.25) is 0 Å². The van der Waals surface area contributed by atoms with Crippen LogP contribution in [0.3, 0.4) is 0 Å². The highest BCUT2D eigenvalue weighted by molar-refractivity contribution is 14.1. The lowest BCUT2D eigenvalue weighted by Crippen LogP contribution is -2.66. The molecule has 0 aromatic heterocycles. The van der Waals surface area contributed by atoms with E-state index in [0.29, 0.717) is 74.1 Å². The fraction of sp³-hybridized carbons (Fsp3) is 0.938. The molecule has 0 aromatic carbocycles. The molecule has 20 atom stereocenters. The lowest BCUT2D eigenvalue weighted by molar-refractivity contribution is -0.250. The fourth-order valence-electron chi connectivity index (χ4n) is 23.4. The van der Waals surface area contributed by atoms with Crippen molar-refractivity contribution in [3.63, 3.8) is 0 Å². The van der Waals surface area contributed by atoms with E-state index in [-0.39, 0.29) is 35.9 Å². The van der Waals surface area contributed by atoms with Gasteiger partial charge in [-0.25, -0.2) is 0 Å². The molecule has 0 bridgehead atoms. The van der Waals surface area contributed by atoms with Gasteiger partial charge in [-0.2, -0.15) is 0 Å². The molecule has 70 heavy (non-hydrogen) atoms. The summed E-state index contributed by atoms with van der Waals surface area (Å²) in [5.41, 5.74) is 5.63. The Morgan fingerprint density at radius 2 is 0.886 bits per heavy atom. The van der Waals surface area contributed by atoms with Crippen molar-refractivity contribution in [1.82, 2.24) is 0 Å². The third-order valence-corrected chi connectivity index (χ3v) is 27.3. The van der Waals surface area contributed by atoms with Gasteiger partial charge in [0.25, 0.3) is 0 Å². The Balaban J connectivity index is 0.000000193. The van der Waals surface area contributed by atoms with Crippen molar-refractivity contribution in [2.24, 2.45) is 113 Å². The van der Waals surface area contributed by atoms with Crippen molar-refractivity contribution < 1.29 is 20.1 Å². The van der Waals surface area contributed by atoms with Gasteiger partial charge in [0.1, 0.15) is 0 Å². The van der Waals surface area contributed by atoms with Crippen LogP contribution < -0.4 is 0 Å². The molecule has 4 nitrogen and oxygen atoms in total. The maximum Gasteiger partial charge on any atom is 0.0594 e. The molecule has 0 spiro atoms. The topological polar surface area (TPSA) is 69.9 Å². The summed E-state index contributed by atoms with van der Waals surface area (Å²) in [4.78, 5) is 0. The van der Waals surface area contributed by atoms with E-state index < -0.39 is 0 Å². The van der Waals surface area contributed by atoms with Crippen LogP contribution in [0.4, 0.5) is 0 Å². The van der Waals surface area contributed by atoms with E-state index in [1.807, 2.05) is 0 Å².